The highest BCUT2D eigenvalue weighted by Crippen LogP contribution is 2.24. The van der Waals surface area contributed by atoms with Crippen molar-refractivity contribution < 1.29 is 9.53 Å². The molecule has 2 N–H and O–H groups in total. The van der Waals surface area contributed by atoms with Crippen LogP contribution in [0.3, 0.4) is 0 Å². The molecule has 0 aromatic heterocycles. The highest BCUT2D eigenvalue weighted by molar-refractivity contribution is 5.90. The summed E-state index contributed by atoms with van der Waals surface area (Å²) in [5.74, 6) is 0. The summed E-state index contributed by atoms with van der Waals surface area (Å²) in [6.45, 7) is 0.879. The number of carbonyl (C=O) groups is 1. The Labute approximate surface area is 99.4 Å². The molecule has 1 aromatic rings. The number of amides is 1. The van der Waals surface area contributed by atoms with E-state index in [1.807, 2.05) is 6.07 Å². The molecule has 17 heavy (non-hydrogen) atoms. The molecule has 1 aliphatic rings. The zero-order valence-electron chi connectivity index (χ0n) is 9.30. The molecule has 1 heterocycles. The molecule has 0 radical (unpaired) electrons. The van der Waals surface area contributed by atoms with Crippen LogP contribution >= 0.6 is 0 Å². The molecule has 88 valence electrons. The summed E-state index contributed by atoms with van der Waals surface area (Å²) in [6, 6.07) is 8.88. The molecular weight excluding hydrogens is 218 g/mol. The normalized spacial score (nSPS) is 18.9. The zero-order valence-corrected chi connectivity index (χ0v) is 9.30. The Bertz CT molecular complexity index is 450. The molecule has 5 heteroatoms. The first-order valence-corrected chi connectivity index (χ1v) is 5.42. The third kappa shape index (κ3) is 2.22. The number of nitriles is 1. The fourth-order valence-electron chi connectivity index (χ4n) is 1.88. The topological polar surface area (TPSA) is 79.3 Å². The van der Waals surface area contributed by atoms with E-state index in [1.165, 1.54) is 0 Å². The van der Waals surface area contributed by atoms with Gasteiger partial charge >= 0.3 is 6.09 Å². The zero-order chi connectivity index (χ0) is 12.3. The average Bonchev–Trinajstić information content (AvgIpc) is 2.71. The summed E-state index contributed by atoms with van der Waals surface area (Å²) in [4.78, 5) is 13.2. The first kappa shape index (κ1) is 11.4. The third-order valence-electron chi connectivity index (χ3n) is 2.74. The third-order valence-corrected chi connectivity index (χ3v) is 2.74. The van der Waals surface area contributed by atoms with Gasteiger partial charge in [-0.1, -0.05) is 0 Å². The van der Waals surface area contributed by atoms with Gasteiger partial charge in [-0.15, -0.1) is 0 Å². The van der Waals surface area contributed by atoms with Crippen LogP contribution in [0.15, 0.2) is 24.3 Å². The van der Waals surface area contributed by atoms with E-state index in [4.69, 9.17) is 15.7 Å². The number of carbonyl (C=O) groups excluding carboxylic acids is 1. The average molecular weight is 231 g/mol. The Balaban J connectivity index is 2.24. The van der Waals surface area contributed by atoms with Gasteiger partial charge in [-0.25, -0.2) is 4.79 Å². The molecule has 0 saturated carbocycles. The quantitative estimate of drug-likeness (QED) is 0.848. The smallest absolute Gasteiger partial charge is 0.414 e. The number of hydrogen-bond donors (Lipinski definition) is 1. The van der Waals surface area contributed by atoms with Crippen LogP contribution in [0.5, 0.6) is 0 Å². The standard InChI is InChI=1S/C12H13N3O2/c13-6-5-11-8-17-12(16)15(11)10-3-1-9(7-14)2-4-10/h1-4,11H,5-6,8,13H2. The molecule has 1 saturated heterocycles. The van der Waals surface area contributed by atoms with Gasteiger partial charge in [0.05, 0.1) is 17.7 Å². The van der Waals surface area contributed by atoms with Crippen LogP contribution in [0.1, 0.15) is 12.0 Å². The monoisotopic (exact) mass is 231 g/mol. The number of rotatable bonds is 3. The fourth-order valence-corrected chi connectivity index (χ4v) is 1.88. The van der Waals surface area contributed by atoms with Crippen LogP contribution in [0.2, 0.25) is 0 Å². The van der Waals surface area contributed by atoms with Crippen molar-refractivity contribution in [2.75, 3.05) is 18.1 Å². The second-order valence-electron chi connectivity index (χ2n) is 3.84. The van der Waals surface area contributed by atoms with E-state index in [1.54, 1.807) is 29.2 Å². The lowest BCUT2D eigenvalue weighted by Gasteiger charge is -2.20. The van der Waals surface area contributed by atoms with E-state index in [2.05, 4.69) is 0 Å². The molecule has 0 spiro atoms. The number of hydrogen-bond acceptors (Lipinski definition) is 4. The summed E-state index contributed by atoms with van der Waals surface area (Å²) in [6.07, 6.45) is 0.347. The number of nitrogens with two attached hydrogens (primary N) is 1. The van der Waals surface area contributed by atoms with Crippen LogP contribution in [0.4, 0.5) is 10.5 Å². The summed E-state index contributed by atoms with van der Waals surface area (Å²) >= 11 is 0. The molecule has 1 aliphatic heterocycles. The van der Waals surface area contributed by atoms with Crippen LogP contribution in [-0.4, -0.2) is 25.3 Å². The van der Waals surface area contributed by atoms with Gasteiger partial charge in [0.15, 0.2) is 0 Å². The van der Waals surface area contributed by atoms with Gasteiger partial charge in [0, 0.05) is 5.69 Å². The minimum atomic E-state index is -0.354. The van der Waals surface area contributed by atoms with E-state index in [0.717, 1.165) is 5.69 Å². The molecule has 2 rings (SSSR count). The van der Waals surface area contributed by atoms with Crippen LogP contribution in [-0.2, 0) is 4.74 Å². The van der Waals surface area contributed by atoms with Gasteiger partial charge < -0.3 is 10.5 Å². The van der Waals surface area contributed by atoms with Crippen molar-refractivity contribution in [3.8, 4) is 6.07 Å². The minimum absolute atomic E-state index is 0.0135. The molecule has 1 fully saturated rings. The SMILES string of the molecule is N#Cc1ccc(N2C(=O)OCC2CCN)cc1. The Morgan fingerprint density at radius 2 is 2.18 bits per heavy atom. The molecule has 1 unspecified atom stereocenters. The van der Waals surface area contributed by atoms with E-state index in [-0.39, 0.29) is 12.1 Å². The van der Waals surface area contributed by atoms with Gasteiger partial charge in [-0.2, -0.15) is 5.26 Å². The highest BCUT2D eigenvalue weighted by Gasteiger charge is 2.33. The molecule has 0 aliphatic carbocycles. The minimum Gasteiger partial charge on any atom is -0.447 e. The number of nitrogens with zero attached hydrogens (tertiary/aromatic N) is 2. The lowest BCUT2D eigenvalue weighted by atomic mass is 10.1. The van der Waals surface area contributed by atoms with Gasteiger partial charge in [0.2, 0.25) is 0 Å². The first-order valence-electron chi connectivity index (χ1n) is 5.42. The van der Waals surface area contributed by atoms with Crippen molar-refractivity contribution in [1.29, 1.82) is 5.26 Å². The highest BCUT2D eigenvalue weighted by atomic mass is 16.6. The number of cyclic esters (lactones) is 1. The lowest BCUT2D eigenvalue weighted by molar-refractivity contribution is 0.178. The van der Waals surface area contributed by atoms with Crippen LogP contribution < -0.4 is 10.6 Å². The predicted octanol–water partition coefficient (Wildman–Crippen LogP) is 1.23. The number of benzene rings is 1. The maximum absolute atomic E-state index is 11.6. The Kier molecular flexibility index (Phi) is 3.26. The van der Waals surface area contributed by atoms with Crippen molar-refractivity contribution in [2.45, 2.75) is 12.5 Å². The Morgan fingerprint density at radius 1 is 1.47 bits per heavy atom. The van der Waals surface area contributed by atoms with Gasteiger partial charge in [0.1, 0.15) is 6.61 Å². The van der Waals surface area contributed by atoms with E-state index in [0.29, 0.717) is 25.1 Å². The lowest BCUT2D eigenvalue weighted by Crippen LogP contribution is -2.34. The first-order chi connectivity index (χ1) is 8.26. The number of anilines is 1. The molecule has 1 amide bonds. The summed E-state index contributed by atoms with van der Waals surface area (Å²) in [5, 5.41) is 8.71. The molecule has 0 bridgehead atoms. The Morgan fingerprint density at radius 3 is 2.76 bits per heavy atom. The van der Waals surface area contributed by atoms with Crippen LogP contribution in [0, 0.1) is 11.3 Å². The van der Waals surface area contributed by atoms with E-state index >= 15 is 0 Å². The molecule has 1 aromatic carbocycles. The van der Waals surface area contributed by atoms with E-state index in [9.17, 15) is 4.79 Å². The second kappa shape index (κ2) is 4.85. The molecule has 1 atom stereocenters. The Hall–Kier alpha value is -2.06. The summed E-state index contributed by atoms with van der Waals surface area (Å²) in [5.41, 5.74) is 6.81. The van der Waals surface area contributed by atoms with Crippen molar-refractivity contribution in [3.05, 3.63) is 29.8 Å². The predicted molar refractivity (Wildman–Crippen MR) is 62.4 cm³/mol. The van der Waals surface area contributed by atoms with Crippen molar-refractivity contribution in [3.63, 3.8) is 0 Å². The largest absolute Gasteiger partial charge is 0.447 e. The summed E-state index contributed by atoms with van der Waals surface area (Å²) in [7, 11) is 0. The van der Waals surface area contributed by atoms with Crippen molar-refractivity contribution in [2.24, 2.45) is 5.73 Å². The van der Waals surface area contributed by atoms with Gasteiger partial charge in [-0.05, 0) is 37.2 Å². The fraction of sp³-hybridized carbons (Fsp3) is 0.333. The van der Waals surface area contributed by atoms with E-state index < -0.39 is 0 Å². The number of ether oxygens (including phenoxy) is 1. The van der Waals surface area contributed by atoms with Crippen LogP contribution in [0.25, 0.3) is 0 Å². The van der Waals surface area contributed by atoms with Gasteiger partial charge in [-0.3, -0.25) is 4.90 Å². The van der Waals surface area contributed by atoms with Crippen molar-refractivity contribution in [1.82, 2.24) is 0 Å². The molecular formula is C12H13N3O2. The van der Waals surface area contributed by atoms with Gasteiger partial charge in [0.25, 0.3) is 0 Å². The van der Waals surface area contributed by atoms with Crippen molar-refractivity contribution >= 4 is 11.8 Å². The maximum Gasteiger partial charge on any atom is 0.414 e. The summed E-state index contributed by atoms with van der Waals surface area (Å²) < 4.78 is 5.01. The second-order valence-corrected chi connectivity index (χ2v) is 3.84. The maximum atomic E-state index is 11.6. The molecule has 5 nitrogen and oxygen atoms in total.